The minimum absolute atomic E-state index is 0.484. The average molecular weight is 432 g/mol. The lowest BCUT2D eigenvalue weighted by molar-refractivity contribution is 0.533. The first-order chi connectivity index (χ1) is 15.2. The van der Waals surface area contributed by atoms with Crippen molar-refractivity contribution in [2.24, 2.45) is 10.7 Å². The lowest BCUT2D eigenvalue weighted by atomic mass is 10.0. The summed E-state index contributed by atoms with van der Waals surface area (Å²) in [4.78, 5) is 5.64. The van der Waals surface area contributed by atoms with Gasteiger partial charge >= 0.3 is 0 Å². The molecule has 1 unspecified atom stereocenters. The molecule has 2 aromatic carbocycles. The van der Waals surface area contributed by atoms with E-state index >= 15 is 0 Å². The molecular formula is C27H33N3S. The SMILES string of the molecule is CCCCCCc1ccc(CNC2Cc3ccc(N=C(N)c4cccs4)cc3C2)cc1. The van der Waals surface area contributed by atoms with Crippen LogP contribution in [0.4, 0.5) is 5.69 Å². The van der Waals surface area contributed by atoms with E-state index in [4.69, 9.17) is 5.73 Å². The van der Waals surface area contributed by atoms with Gasteiger partial charge in [0.15, 0.2) is 0 Å². The van der Waals surface area contributed by atoms with E-state index in [1.807, 2.05) is 17.5 Å². The largest absolute Gasteiger partial charge is 0.383 e. The van der Waals surface area contributed by atoms with Crippen LogP contribution >= 0.6 is 11.3 Å². The van der Waals surface area contributed by atoms with Gasteiger partial charge in [0.1, 0.15) is 5.84 Å². The second-order valence-corrected chi connectivity index (χ2v) is 9.49. The molecule has 0 bridgehead atoms. The van der Waals surface area contributed by atoms with Crippen molar-refractivity contribution in [3.05, 3.63) is 87.1 Å². The molecule has 0 saturated carbocycles. The Balaban J connectivity index is 1.28. The molecule has 1 aromatic heterocycles. The molecule has 4 heteroatoms. The molecule has 1 heterocycles. The van der Waals surface area contributed by atoms with Crippen LogP contribution < -0.4 is 11.1 Å². The van der Waals surface area contributed by atoms with E-state index in [1.165, 1.54) is 54.4 Å². The number of nitrogens with zero attached hydrogens (tertiary/aromatic N) is 1. The maximum Gasteiger partial charge on any atom is 0.141 e. The summed E-state index contributed by atoms with van der Waals surface area (Å²) >= 11 is 1.62. The van der Waals surface area contributed by atoms with E-state index in [-0.39, 0.29) is 0 Å². The zero-order chi connectivity index (χ0) is 21.5. The predicted octanol–water partition coefficient (Wildman–Crippen LogP) is 6.16. The van der Waals surface area contributed by atoms with Gasteiger partial charge in [-0.05, 0) is 71.5 Å². The van der Waals surface area contributed by atoms with E-state index in [0.29, 0.717) is 11.9 Å². The highest BCUT2D eigenvalue weighted by atomic mass is 32.1. The number of fused-ring (bicyclic) bond motifs is 1. The third-order valence-corrected chi connectivity index (χ3v) is 6.97. The summed E-state index contributed by atoms with van der Waals surface area (Å²) in [6.45, 7) is 3.19. The summed E-state index contributed by atoms with van der Waals surface area (Å²) in [6.07, 6.45) is 8.62. The maximum atomic E-state index is 6.16. The summed E-state index contributed by atoms with van der Waals surface area (Å²) in [5, 5.41) is 5.77. The topological polar surface area (TPSA) is 50.4 Å². The number of benzene rings is 2. The number of thiophene rings is 1. The van der Waals surface area contributed by atoms with Crippen molar-refractivity contribution in [3.8, 4) is 0 Å². The van der Waals surface area contributed by atoms with Gasteiger partial charge in [0, 0.05) is 12.6 Å². The van der Waals surface area contributed by atoms with Crippen molar-refractivity contribution in [3.63, 3.8) is 0 Å². The Morgan fingerprint density at radius 2 is 1.81 bits per heavy atom. The lowest BCUT2D eigenvalue weighted by Gasteiger charge is -2.12. The van der Waals surface area contributed by atoms with Gasteiger partial charge in [0.05, 0.1) is 10.6 Å². The molecule has 4 rings (SSSR count). The summed E-state index contributed by atoms with van der Waals surface area (Å²) < 4.78 is 0. The Bertz CT molecular complexity index is 990. The number of rotatable bonds is 10. The van der Waals surface area contributed by atoms with Crippen LogP contribution in [0.25, 0.3) is 0 Å². The molecule has 0 aliphatic heterocycles. The number of aryl methyl sites for hydroxylation is 1. The van der Waals surface area contributed by atoms with Gasteiger partial charge in [-0.1, -0.05) is 62.6 Å². The molecule has 0 amide bonds. The van der Waals surface area contributed by atoms with E-state index in [2.05, 4.69) is 59.7 Å². The molecule has 0 saturated heterocycles. The Kier molecular flexibility index (Phi) is 7.55. The van der Waals surface area contributed by atoms with Gasteiger partial charge in [-0.2, -0.15) is 0 Å². The highest BCUT2D eigenvalue weighted by Crippen LogP contribution is 2.27. The smallest absolute Gasteiger partial charge is 0.141 e. The molecule has 31 heavy (non-hydrogen) atoms. The monoisotopic (exact) mass is 431 g/mol. The fourth-order valence-corrected chi connectivity index (χ4v) is 4.91. The number of hydrogen-bond donors (Lipinski definition) is 2. The third-order valence-electron chi connectivity index (χ3n) is 6.08. The molecule has 3 aromatic rings. The number of unbranched alkanes of at least 4 members (excludes halogenated alkanes) is 3. The summed E-state index contributed by atoms with van der Waals surface area (Å²) in [5.74, 6) is 0.594. The number of aliphatic imine (C=N–C) groups is 1. The minimum atomic E-state index is 0.484. The van der Waals surface area contributed by atoms with Crippen LogP contribution in [0.1, 0.15) is 59.7 Å². The standard InChI is InChI=1S/C27H33N3S/c1-2-3-4-5-7-20-9-11-21(12-10-20)19-29-25-16-22-13-14-24(17-23(22)18-25)30-27(28)26-8-6-15-31-26/h6,8-15,17,25,29H,2-5,7,16,18-19H2,1H3,(H2,28,30). The molecule has 0 fully saturated rings. The number of hydrogen-bond acceptors (Lipinski definition) is 3. The minimum Gasteiger partial charge on any atom is -0.383 e. The molecule has 3 nitrogen and oxygen atoms in total. The molecule has 0 radical (unpaired) electrons. The van der Waals surface area contributed by atoms with Crippen LogP contribution in [0.3, 0.4) is 0 Å². The number of nitrogens with one attached hydrogen (secondary N) is 1. The molecule has 162 valence electrons. The van der Waals surface area contributed by atoms with Crippen LogP contribution in [0.5, 0.6) is 0 Å². The fraction of sp³-hybridized carbons (Fsp3) is 0.370. The molecular weight excluding hydrogens is 398 g/mol. The second-order valence-electron chi connectivity index (χ2n) is 8.54. The average Bonchev–Trinajstić information content (AvgIpc) is 3.46. The Labute approximate surface area is 190 Å². The van der Waals surface area contributed by atoms with Crippen LogP contribution in [0, 0.1) is 0 Å². The Morgan fingerprint density at radius 3 is 2.58 bits per heavy atom. The Morgan fingerprint density at radius 1 is 1.00 bits per heavy atom. The van der Waals surface area contributed by atoms with Gasteiger partial charge in [0.2, 0.25) is 0 Å². The number of amidine groups is 1. The van der Waals surface area contributed by atoms with Crippen molar-refractivity contribution in [1.29, 1.82) is 0 Å². The van der Waals surface area contributed by atoms with Crippen LogP contribution in [-0.2, 0) is 25.8 Å². The normalized spacial score (nSPS) is 15.9. The van der Waals surface area contributed by atoms with Crippen molar-refractivity contribution < 1.29 is 0 Å². The van der Waals surface area contributed by atoms with Gasteiger partial charge in [-0.25, -0.2) is 4.99 Å². The lowest BCUT2D eigenvalue weighted by Crippen LogP contribution is -2.28. The van der Waals surface area contributed by atoms with Crippen LogP contribution in [0.15, 0.2) is 65.0 Å². The van der Waals surface area contributed by atoms with Crippen molar-refractivity contribution >= 4 is 22.9 Å². The first-order valence-corrected chi connectivity index (χ1v) is 12.4. The first-order valence-electron chi connectivity index (χ1n) is 11.5. The highest BCUT2D eigenvalue weighted by molar-refractivity contribution is 7.12. The van der Waals surface area contributed by atoms with E-state index < -0.39 is 0 Å². The molecule has 1 aliphatic carbocycles. The van der Waals surface area contributed by atoms with Gasteiger partial charge in [-0.3, -0.25) is 0 Å². The molecule has 3 N–H and O–H groups in total. The summed E-state index contributed by atoms with van der Waals surface area (Å²) in [5.41, 5.74) is 12.7. The van der Waals surface area contributed by atoms with Crippen molar-refractivity contribution in [1.82, 2.24) is 5.32 Å². The van der Waals surface area contributed by atoms with Gasteiger partial charge in [-0.15, -0.1) is 11.3 Å². The quantitative estimate of drug-likeness (QED) is 0.229. The van der Waals surface area contributed by atoms with Crippen LogP contribution in [0.2, 0.25) is 0 Å². The van der Waals surface area contributed by atoms with Crippen molar-refractivity contribution in [2.45, 2.75) is 64.5 Å². The zero-order valence-electron chi connectivity index (χ0n) is 18.4. The fourth-order valence-electron chi connectivity index (χ4n) is 4.28. The predicted molar refractivity (Wildman–Crippen MR) is 133 cm³/mol. The zero-order valence-corrected chi connectivity index (χ0v) is 19.3. The molecule has 1 atom stereocenters. The van der Waals surface area contributed by atoms with Gasteiger partial charge < -0.3 is 11.1 Å². The van der Waals surface area contributed by atoms with E-state index in [0.717, 1.165) is 30.0 Å². The second kappa shape index (κ2) is 10.7. The summed E-state index contributed by atoms with van der Waals surface area (Å²) in [6, 6.07) is 20.2. The Hall–Kier alpha value is -2.43. The van der Waals surface area contributed by atoms with E-state index in [1.54, 1.807) is 11.3 Å². The number of nitrogens with two attached hydrogens (primary N) is 1. The van der Waals surface area contributed by atoms with E-state index in [9.17, 15) is 0 Å². The molecule has 1 aliphatic rings. The third kappa shape index (κ3) is 6.05. The summed E-state index contributed by atoms with van der Waals surface area (Å²) in [7, 11) is 0. The first kappa shape index (κ1) is 21.8. The highest BCUT2D eigenvalue weighted by Gasteiger charge is 2.21. The molecule has 0 spiro atoms. The van der Waals surface area contributed by atoms with Crippen molar-refractivity contribution in [2.75, 3.05) is 0 Å². The maximum absolute atomic E-state index is 6.16. The van der Waals surface area contributed by atoms with Gasteiger partial charge in [0.25, 0.3) is 0 Å². The van der Waals surface area contributed by atoms with Crippen LogP contribution in [-0.4, -0.2) is 11.9 Å².